The van der Waals surface area contributed by atoms with Gasteiger partial charge in [0.15, 0.2) is 0 Å². The van der Waals surface area contributed by atoms with Crippen LogP contribution >= 0.6 is 11.3 Å². The number of nitrogens with one attached hydrogen (secondary N) is 1. The van der Waals surface area contributed by atoms with Crippen LogP contribution in [0.1, 0.15) is 43.8 Å². The van der Waals surface area contributed by atoms with E-state index in [0.717, 1.165) is 29.7 Å². The van der Waals surface area contributed by atoms with Gasteiger partial charge in [-0.25, -0.2) is 4.79 Å². The summed E-state index contributed by atoms with van der Waals surface area (Å²) in [6.07, 6.45) is 1.82. The molecule has 1 aliphatic rings. The number of ether oxygens (including phenoxy) is 1. The van der Waals surface area contributed by atoms with E-state index in [0.29, 0.717) is 11.5 Å². The minimum absolute atomic E-state index is 0.0553. The fourth-order valence-electron chi connectivity index (χ4n) is 2.70. The van der Waals surface area contributed by atoms with E-state index in [2.05, 4.69) is 5.32 Å². The molecule has 23 heavy (non-hydrogen) atoms. The molecule has 1 saturated heterocycles. The summed E-state index contributed by atoms with van der Waals surface area (Å²) < 4.78 is 5.74. The van der Waals surface area contributed by atoms with Crippen molar-refractivity contribution in [2.24, 2.45) is 0 Å². The second kappa shape index (κ2) is 6.93. The third kappa shape index (κ3) is 3.60. The monoisotopic (exact) mass is 331 g/mol. The number of benzene rings is 1. The van der Waals surface area contributed by atoms with Crippen molar-refractivity contribution in [3.8, 4) is 0 Å². The van der Waals surface area contributed by atoms with Crippen molar-refractivity contribution in [2.75, 3.05) is 6.61 Å². The van der Waals surface area contributed by atoms with Gasteiger partial charge in [-0.2, -0.15) is 0 Å². The maximum Gasteiger partial charge on any atom is 0.345 e. The Balaban J connectivity index is 1.80. The lowest BCUT2D eigenvalue weighted by Gasteiger charge is -2.24. The number of thiophene rings is 1. The molecule has 6 heteroatoms. The molecule has 120 valence electrons. The van der Waals surface area contributed by atoms with Crippen molar-refractivity contribution in [3.05, 3.63) is 57.8 Å². The van der Waals surface area contributed by atoms with Crippen LogP contribution < -0.4 is 5.32 Å². The Morgan fingerprint density at radius 2 is 1.91 bits per heavy atom. The summed E-state index contributed by atoms with van der Waals surface area (Å²) >= 11 is 0.976. The number of hydrogen-bond acceptors (Lipinski definition) is 4. The largest absolute Gasteiger partial charge is 0.477 e. The van der Waals surface area contributed by atoms with Crippen LogP contribution in [0.15, 0.2) is 42.5 Å². The first-order chi connectivity index (χ1) is 11.1. The number of carboxylic acid groups (broad SMARTS) is 1. The fourth-order valence-corrected chi connectivity index (χ4v) is 3.45. The SMILES string of the molecule is O=C(O)c1ccc(C(=O)NC(c2ccccc2)C2CCCO2)s1. The number of aromatic carboxylic acids is 1. The second-order valence-corrected chi connectivity index (χ2v) is 6.47. The summed E-state index contributed by atoms with van der Waals surface area (Å²) in [6, 6.07) is 12.5. The van der Waals surface area contributed by atoms with Crippen LogP contribution in [0.5, 0.6) is 0 Å². The molecule has 2 heterocycles. The predicted octanol–water partition coefficient (Wildman–Crippen LogP) is 3.10. The van der Waals surface area contributed by atoms with Gasteiger partial charge in [-0.05, 0) is 30.5 Å². The Hall–Kier alpha value is -2.18. The van der Waals surface area contributed by atoms with Crippen LogP contribution in [0.2, 0.25) is 0 Å². The molecule has 0 bridgehead atoms. The minimum Gasteiger partial charge on any atom is -0.477 e. The van der Waals surface area contributed by atoms with Crippen LogP contribution in [-0.4, -0.2) is 29.7 Å². The maximum absolute atomic E-state index is 12.5. The van der Waals surface area contributed by atoms with Crippen LogP contribution in [-0.2, 0) is 4.74 Å². The van der Waals surface area contributed by atoms with Crippen molar-refractivity contribution in [3.63, 3.8) is 0 Å². The van der Waals surface area contributed by atoms with Gasteiger partial charge in [-0.1, -0.05) is 30.3 Å². The fraction of sp³-hybridized carbons (Fsp3) is 0.294. The highest BCUT2D eigenvalue weighted by atomic mass is 32.1. The lowest BCUT2D eigenvalue weighted by molar-refractivity contribution is 0.0674. The highest BCUT2D eigenvalue weighted by Gasteiger charge is 2.29. The summed E-state index contributed by atoms with van der Waals surface area (Å²) in [5.74, 6) is -1.29. The van der Waals surface area contributed by atoms with Gasteiger partial charge in [0.1, 0.15) is 4.88 Å². The Kier molecular flexibility index (Phi) is 4.73. The van der Waals surface area contributed by atoms with E-state index < -0.39 is 5.97 Å². The van der Waals surface area contributed by atoms with E-state index in [9.17, 15) is 9.59 Å². The average Bonchev–Trinajstić information content (AvgIpc) is 3.24. The number of rotatable bonds is 5. The summed E-state index contributed by atoms with van der Waals surface area (Å²) in [5.41, 5.74) is 0.989. The zero-order chi connectivity index (χ0) is 16.2. The van der Waals surface area contributed by atoms with Crippen LogP contribution in [0.4, 0.5) is 0 Å². The molecule has 2 aromatic rings. The van der Waals surface area contributed by atoms with E-state index in [1.54, 1.807) is 6.07 Å². The maximum atomic E-state index is 12.5. The molecule has 2 unspecified atom stereocenters. The van der Waals surface area contributed by atoms with Gasteiger partial charge >= 0.3 is 5.97 Å². The molecule has 2 atom stereocenters. The van der Waals surface area contributed by atoms with Gasteiger partial charge in [-0.3, -0.25) is 4.79 Å². The van der Waals surface area contributed by atoms with E-state index in [1.165, 1.54) is 6.07 Å². The number of carbonyl (C=O) groups excluding carboxylic acids is 1. The number of carbonyl (C=O) groups is 2. The normalized spacial score (nSPS) is 18.5. The third-order valence-electron chi connectivity index (χ3n) is 3.82. The quantitative estimate of drug-likeness (QED) is 0.883. The molecule has 0 saturated carbocycles. The smallest absolute Gasteiger partial charge is 0.345 e. The summed E-state index contributed by atoms with van der Waals surface area (Å²) in [4.78, 5) is 24.0. The lowest BCUT2D eigenvalue weighted by atomic mass is 9.99. The number of hydrogen-bond donors (Lipinski definition) is 2. The first kappa shape index (κ1) is 15.7. The van der Waals surface area contributed by atoms with E-state index in [1.807, 2.05) is 30.3 Å². The first-order valence-corrected chi connectivity index (χ1v) is 8.27. The predicted molar refractivity (Wildman–Crippen MR) is 86.9 cm³/mol. The first-order valence-electron chi connectivity index (χ1n) is 7.45. The molecule has 1 amide bonds. The van der Waals surface area contributed by atoms with Crippen LogP contribution in [0.3, 0.4) is 0 Å². The molecule has 0 aliphatic carbocycles. The number of carboxylic acids is 1. The van der Waals surface area contributed by atoms with Crippen molar-refractivity contribution < 1.29 is 19.4 Å². The zero-order valence-corrected chi connectivity index (χ0v) is 13.2. The van der Waals surface area contributed by atoms with E-state index in [4.69, 9.17) is 9.84 Å². The Labute approximate surface area is 137 Å². The van der Waals surface area contributed by atoms with E-state index in [-0.39, 0.29) is 22.9 Å². The molecule has 1 aliphatic heterocycles. The molecule has 3 rings (SSSR count). The van der Waals surface area contributed by atoms with Crippen molar-refractivity contribution in [2.45, 2.75) is 25.0 Å². The molecular formula is C17H17NO4S. The van der Waals surface area contributed by atoms with E-state index >= 15 is 0 Å². The highest BCUT2D eigenvalue weighted by molar-refractivity contribution is 7.15. The molecule has 2 N–H and O–H groups in total. The zero-order valence-electron chi connectivity index (χ0n) is 12.4. The van der Waals surface area contributed by atoms with Gasteiger partial charge in [0, 0.05) is 6.61 Å². The van der Waals surface area contributed by atoms with Gasteiger partial charge in [-0.15, -0.1) is 11.3 Å². The molecule has 1 aromatic carbocycles. The summed E-state index contributed by atoms with van der Waals surface area (Å²) in [7, 11) is 0. The molecular weight excluding hydrogens is 314 g/mol. The van der Waals surface area contributed by atoms with Crippen molar-refractivity contribution >= 4 is 23.2 Å². The molecule has 1 aromatic heterocycles. The molecule has 0 spiro atoms. The Morgan fingerprint density at radius 1 is 1.17 bits per heavy atom. The highest BCUT2D eigenvalue weighted by Crippen LogP contribution is 2.28. The Morgan fingerprint density at radius 3 is 2.52 bits per heavy atom. The summed E-state index contributed by atoms with van der Waals surface area (Å²) in [6.45, 7) is 0.700. The van der Waals surface area contributed by atoms with Gasteiger partial charge in [0.05, 0.1) is 17.0 Å². The van der Waals surface area contributed by atoms with Crippen molar-refractivity contribution in [1.82, 2.24) is 5.32 Å². The number of amides is 1. The van der Waals surface area contributed by atoms with Crippen LogP contribution in [0, 0.1) is 0 Å². The minimum atomic E-state index is -1.02. The Bertz CT molecular complexity index is 692. The average molecular weight is 331 g/mol. The van der Waals surface area contributed by atoms with Gasteiger partial charge in [0.2, 0.25) is 0 Å². The molecule has 0 radical (unpaired) electrons. The topological polar surface area (TPSA) is 75.6 Å². The third-order valence-corrected chi connectivity index (χ3v) is 4.89. The second-order valence-electron chi connectivity index (χ2n) is 5.38. The van der Waals surface area contributed by atoms with Gasteiger partial charge < -0.3 is 15.2 Å². The summed E-state index contributed by atoms with van der Waals surface area (Å²) in [5, 5.41) is 12.0. The van der Waals surface area contributed by atoms with Gasteiger partial charge in [0.25, 0.3) is 5.91 Å². The van der Waals surface area contributed by atoms with Crippen LogP contribution in [0.25, 0.3) is 0 Å². The standard InChI is InChI=1S/C17H17NO4S/c19-16(13-8-9-14(23-13)17(20)21)18-15(12-7-4-10-22-12)11-5-2-1-3-6-11/h1-3,5-6,8-9,12,15H,4,7,10H2,(H,18,19)(H,20,21). The van der Waals surface area contributed by atoms with Crippen molar-refractivity contribution in [1.29, 1.82) is 0 Å². The molecule has 1 fully saturated rings. The lowest BCUT2D eigenvalue weighted by Crippen LogP contribution is -2.35. The molecule has 5 nitrogen and oxygen atoms in total.